The van der Waals surface area contributed by atoms with Crippen LogP contribution in [0.25, 0.3) is 0 Å². The summed E-state index contributed by atoms with van der Waals surface area (Å²) >= 11 is 0. The molecule has 6 nitrogen and oxygen atoms in total. The second-order valence-corrected chi connectivity index (χ2v) is 3.78. The first kappa shape index (κ1) is 14.9. The predicted molar refractivity (Wildman–Crippen MR) is 67.4 cm³/mol. The van der Waals surface area contributed by atoms with Crippen LogP contribution < -0.4 is 4.90 Å². The summed E-state index contributed by atoms with van der Waals surface area (Å²) in [6.07, 6.45) is 0.192. The van der Waals surface area contributed by atoms with Gasteiger partial charge in [0.25, 0.3) is 5.69 Å². The summed E-state index contributed by atoms with van der Waals surface area (Å²) in [7, 11) is 1.50. The minimum atomic E-state index is -0.569. The van der Waals surface area contributed by atoms with Crippen LogP contribution >= 0.6 is 0 Å². The number of nitro groups is 1. The average molecular weight is 267 g/mol. The molecular formula is C12H14FN3O3. The van der Waals surface area contributed by atoms with Gasteiger partial charge >= 0.3 is 0 Å². The highest BCUT2D eigenvalue weighted by molar-refractivity contribution is 5.63. The second kappa shape index (κ2) is 7.28. The molecule has 0 aliphatic carbocycles. The summed E-state index contributed by atoms with van der Waals surface area (Å²) in [5.74, 6) is -0.556. The summed E-state index contributed by atoms with van der Waals surface area (Å²) < 4.78 is 18.2. The first-order chi connectivity index (χ1) is 9.10. The summed E-state index contributed by atoms with van der Waals surface area (Å²) in [6.45, 7) is 0.964. The van der Waals surface area contributed by atoms with Crippen molar-refractivity contribution in [1.29, 1.82) is 5.26 Å². The molecule has 0 aliphatic rings. The Morgan fingerprint density at radius 1 is 1.53 bits per heavy atom. The first-order valence-electron chi connectivity index (χ1n) is 5.65. The van der Waals surface area contributed by atoms with E-state index in [2.05, 4.69) is 0 Å². The van der Waals surface area contributed by atoms with Crippen molar-refractivity contribution < 1.29 is 14.1 Å². The van der Waals surface area contributed by atoms with Crippen molar-refractivity contribution in [3.8, 4) is 6.07 Å². The zero-order valence-corrected chi connectivity index (χ0v) is 10.5. The highest BCUT2D eigenvalue weighted by Gasteiger charge is 2.19. The lowest BCUT2D eigenvalue weighted by Crippen LogP contribution is -2.29. The number of benzene rings is 1. The van der Waals surface area contributed by atoms with E-state index in [0.29, 0.717) is 13.2 Å². The lowest BCUT2D eigenvalue weighted by Gasteiger charge is -2.23. The van der Waals surface area contributed by atoms with Crippen molar-refractivity contribution in [1.82, 2.24) is 0 Å². The van der Waals surface area contributed by atoms with Gasteiger partial charge in [-0.25, -0.2) is 4.39 Å². The average Bonchev–Trinajstić information content (AvgIpc) is 2.38. The third kappa shape index (κ3) is 4.19. The van der Waals surface area contributed by atoms with Gasteiger partial charge in [0.05, 0.1) is 24.0 Å². The van der Waals surface area contributed by atoms with Crippen LogP contribution in [0.3, 0.4) is 0 Å². The molecule has 1 aromatic rings. The first-order valence-corrected chi connectivity index (χ1v) is 5.65. The van der Waals surface area contributed by atoms with E-state index in [0.717, 1.165) is 18.2 Å². The number of nitro benzene ring substituents is 1. The third-order valence-electron chi connectivity index (χ3n) is 2.53. The molecule has 0 saturated heterocycles. The number of nitriles is 1. The van der Waals surface area contributed by atoms with Gasteiger partial charge in [0, 0.05) is 32.3 Å². The van der Waals surface area contributed by atoms with E-state index >= 15 is 0 Å². The van der Waals surface area contributed by atoms with Crippen molar-refractivity contribution in [2.45, 2.75) is 6.42 Å². The molecule has 1 aromatic carbocycles. The molecule has 0 radical (unpaired) electrons. The molecule has 0 unspecified atom stereocenters. The molecule has 0 spiro atoms. The van der Waals surface area contributed by atoms with Gasteiger partial charge in [-0.2, -0.15) is 5.26 Å². The van der Waals surface area contributed by atoms with Crippen LogP contribution in [0.15, 0.2) is 18.2 Å². The number of methoxy groups -OCH3 is 1. The number of nitrogens with zero attached hydrogens (tertiary/aromatic N) is 3. The van der Waals surface area contributed by atoms with Gasteiger partial charge in [-0.3, -0.25) is 10.1 Å². The van der Waals surface area contributed by atoms with Gasteiger partial charge in [-0.1, -0.05) is 0 Å². The van der Waals surface area contributed by atoms with Gasteiger partial charge in [-0.05, 0) is 6.07 Å². The van der Waals surface area contributed by atoms with Crippen LogP contribution in [0.5, 0.6) is 0 Å². The van der Waals surface area contributed by atoms with Crippen molar-refractivity contribution in [3.05, 3.63) is 34.1 Å². The van der Waals surface area contributed by atoms with Gasteiger partial charge in [0.2, 0.25) is 0 Å². The molecule has 0 bridgehead atoms. The fourth-order valence-electron chi connectivity index (χ4n) is 1.64. The smallest absolute Gasteiger partial charge is 0.292 e. The van der Waals surface area contributed by atoms with Crippen LogP contribution in [-0.2, 0) is 4.74 Å². The van der Waals surface area contributed by atoms with Gasteiger partial charge < -0.3 is 9.64 Å². The van der Waals surface area contributed by atoms with Crippen LogP contribution in [0.4, 0.5) is 15.8 Å². The highest BCUT2D eigenvalue weighted by atomic mass is 19.1. The fourth-order valence-corrected chi connectivity index (χ4v) is 1.64. The SMILES string of the molecule is COCCN(CCC#N)c1cc(F)ccc1[N+](=O)[O-]. The maximum Gasteiger partial charge on any atom is 0.292 e. The minimum absolute atomic E-state index is 0.164. The van der Waals surface area contributed by atoms with Crippen molar-refractivity contribution >= 4 is 11.4 Å². The van der Waals surface area contributed by atoms with Crippen LogP contribution in [0.1, 0.15) is 6.42 Å². The molecule has 0 amide bonds. The third-order valence-corrected chi connectivity index (χ3v) is 2.53. The Morgan fingerprint density at radius 3 is 2.84 bits per heavy atom. The Hall–Kier alpha value is -2.20. The number of rotatable bonds is 7. The zero-order valence-electron chi connectivity index (χ0n) is 10.5. The summed E-state index contributed by atoms with van der Waals surface area (Å²) in [5, 5.41) is 19.5. The monoisotopic (exact) mass is 267 g/mol. The van der Waals surface area contributed by atoms with Gasteiger partial charge in [0.1, 0.15) is 11.5 Å². The van der Waals surface area contributed by atoms with Crippen LogP contribution in [-0.4, -0.2) is 31.7 Å². The lowest BCUT2D eigenvalue weighted by atomic mass is 10.2. The maximum atomic E-state index is 13.3. The number of halogens is 1. The normalized spacial score (nSPS) is 9.95. The Morgan fingerprint density at radius 2 is 2.26 bits per heavy atom. The molecular weight excluding hydrogens is 253 g/mol. The van der Waals surface area contributed by atoms with Gasteiger partial charge in [-0.15, -0.1) is 0 Å². The lowest BCUT2D eigenvalue weighted by molar-refractivity contribution is -0.384. The summed E-state index contributed by atoms with van der Waals surface area (Å²) in [4.78, 5) is 12.0. The summed E-state index contributed by atoms with van der Waals surface area (Å²) in [6, 6.07) is 5.23. The summed E-state index contributed by atoms with van der Waals surface area (Å²) in [5.41, 5.74) is -0.0206. The number of hydrogen-bond donors (Lipinski definition) is 0. The van der Waals surface area contributed by atoms with E-state index in [-0.39, 0.29) is 24.3 Å². The molecule has 1 rings (SSSR count). The molecule has 102 valence electrons. The Labute approximate surface area is 110 Å². The van der Waals surface area contributed by atoms with E-state index in [9.17, 15) is 14.5 Å². The molecule has 0 aliphatic heterocycles. The predicted octanol–water partition coefficient (Wildman–Crippen LogP) is 2.10. The Balaban J connectivity index is 3.08. The molecule has 0 atom stereocenters. The molecule has 0 saturated carbocycles. The van der Waals surface area contributed by atoms with E-state index in [1.807, 2.05) is 6.07 Å². The number of anilines is 1. The fraction of sp³-hybridized carbons (Fsp3) is 0.417. The van der Waals surface area contributed by atoms with E-state index < -0.39 is 10.7 Å². The van der Waals surface area contributed by atoms with Crippen LogP contribution in [0.2, 0.25) is 0 Å². The molecule has 7 heteroatoms. The van der Waals surface area contributed by atoms with Crippen LogP contribution in [0, 0.1) is 27.3 Å². The molecule has 0 fully saturated rings. The topological polar surface area (TPSA) is 79.4 Å². The molecule has 19 heavy (non-hydrogen) atoms. The van der Waals surface area contributed by atoms with Crippen molar-refractivity contribution in [2.24, 2.45) is 0 Å². The quantitative estimate of drug-likeness (QED) is 0.558. The Kier molecular flexibility index (Phi) is 5.70. The Bertz CT molecular complexity index is 488. The minimum Gasteiger partial charge on any atom is -0.383 e. The maximum absolute atomic E-state index is 13.3. The number of hydrogen-bond acceptors (Lipinski definition) is 5. The molecule has 0 N–H and O–H groups in total. The molecule has 0 aromatic heterocycles. The van der Waals surface area contributed by atoms with E-state index in [1.54, 1.807) is 4.90 Å². The van der Waals surface area contributed by atoms with Crippen molar-refractivity contribution in [3.63, 3.8) is 0 Å². The standard InChI is InChI=1S/C12H14FN3O3/c1-19-8-7-15(6-2-5-14)12-9-10(13)3-4-11(12)16(17)18/h3-4,9H,2,6-8H2,1H3. The largest absolute Gasteiger partial charge is 0.383 e. The van der Waals surface area contributed by atoms with E-state index in [4.69, 9.17) is 10.00 Å². The highest BCUT2D eigenvalue weighted by Crippen LogP contribution is 2.28. The van der Waals surface area contributed by atoms with Crippen molar-refractivity contribution in [2.75, 3.05) is 31.7 Å². The molecule has 0 heterocycles. The second-order valence-electron chi connectivity index (χ2n) is 3.78. The zero-order chi connectivity index (χ0) is 14.3. The van der Waals surface area contributed by atoms with E-state index in [1.165, 1.54) is 7.11 Å². The van der Waals surface area contributed by atoms with Gasteiger partial charge in [0.15, 0.2) is 0 Å². The number of ether oxygens (including phenoxy) is 1.